The first kappa shape index (κ1) is 16.2. The second-order valence-electron chi connectivity index (χ2n) is 7.04. The molecule has 1 saturated carbocycles. The molecule has 0 amide bonds. The number of pyridine rings is 1. The van der Waals surface area contributed by atoms with Crippen LogP contribution in [0.15, 0.2) is 24.5 Å². The van der Waals surface area contributed by atoms with Crippen LogP contribution in [-0.4, -0.2) is 30.5 Å². The van der Waals surface area contributed by atoms with Gasteiger partial charge in [-0.3, -0.25) is 4.98 Å². The fourth-order valence-corrected chi connectivity index (χ4v) is 3.77. The Morgan fingerprint density at radius 1 is 1.28 bits per heavy atom. The van der Waals surface area contributed by atoms with Crippen molar-refractivity contribution < 1.29 is 8.78 Å². The minimum atomic E-state index is -2.48. The lowest BCUT2D eigenvalue weighted by Gasteiger charge is -2.28. The van der Waals surface area contributed by atoms with Gasteiger partial charge in [-0.25, -0.2) is 13.5 Å². The highest BCUT2D eigenvalue weighted by Gasteiger charge is 2.34. The summed E-state index contributed by atoms with van der Waals surface area (Å²) in [5.41, 5.74) is 4.71. The average molecular weight is 345 g/mol. The second kappa shape index (κ2) is 5.89. The molecule has 3 aromatic rings. The first-order chi connectivity index (χ1) is 11.9. The lowest BCUT2D eigenvalue weighted by atomic mass is 9.87. The van der Waals surface area contributed by atoms with E-state index in [4.69, 9.17) is 0 Å². The highest BCUT2D eigenvalue weighted by molar-refractivity contribution is 5.81. The maximum absolute atomic E-state index is 13.4. The summed E-state index contributed by atoms with van der Waals surface area (Å²) in [7, 11) is 1.86. The highest BCUT2D eigenvalue weighted by atomic mass is 19.3. The molecule has 0 N–H and O–H groups in total. The molecule has 132 valence electrons. The van der Waals surface area contributed by atoms with Gasteiger partial charge in [0.05, 0.1) is 22.4 Å². The third-order valence-electron chi connectivity index (χ3n) is 5.18. The molecule has 0 spiro atoms. The van der Waals surface area contributed by atoms with Gasteiger partial charge in [-0.2, -0.15) is 0 Å². The zero-order valence-corrected chi connectivity index (χ0v) is 14.4. The van der Waals surface area contributed by atoms with E-state index < -0.39 is 5.92 Å². The zero-order chi connectivity index (χ0) is 17.6. The fourth-order valence-electron chi connectivity index (χ4n) is 3.77. The Labute approximate surface area is 144 Å². The number of hydrogen-bond donors (Lipinski definition) is 0. The summed E-state index contributed by atoms with van der Waals surface area (Å²) in [6, 6.07) is 4.07. The number of nitrogens with zero attached hydrogens (tertiary/aromatic N) is 5. The number of fused-ring (bicyclic) bond motifs is 1. The molecule has 0 radical (unpaired) electrons. The predicted octanol–water partition coefficient (Wildman–Crippen LogP) is 3.97. The molecule has 0 bridgehead atoms. The standard InChI is InChI=1S/C18H21F2N5/c1-12-17(24(2)23-22-12)14-9-16-15(21-10-14)5-8-25(16)11-13-3-6-18(19,20)7-4-13/h5,8-10,13H,3-4,6-7,11H2,1-2H3. The second-order valence-corrected chi connectivity index (χ2v) is 7.04. The van der Waals surface area contributed by atoms with E-state index in [0.717, 1.165) is 34.5 Å². The average Bonchev–Trinajstić information content (AvgIpc) is 3.12. The van der Waals surface area contributed by atoms with E-state index in [1.165, 1.54) is 0 Å². The number of rotatable bonds is 3. The maximum Gasteiger partial charge on any atom is 0.248 e. The van der Waals surface area contributed by atoms with Crippen molar-refractivity contribution in [2.75, 3.05) is 0 Å². The third kappa shape index (κ3) is 3.03. The molecule has 3 aromatic heterocycles. The van der Waals surface area contributed by atoms with Crippen LogP contribution in [0.1, 0.15) is 31.4 Å². The van der Waals surface area contributed by atoms with Crippen LogP contribution in [-0.2, 0) is 13.6 Å². The zero-order valence-electron chi connectivity index (χ0n) is 14.4. The molecule has 1 aliphatic rings. The molecule has 5 nitrogen and oxygen atoms in total. The lowest BCUT2D eigenvalue weighted by Crippen LogP contribution is -2.26. The summed E-state index contributed by atoms with van der Waals surface area (Å²) in [4.78, 5) is 4.55. The van der Waals surface area contributed by atoms with Crippen LogP contribution >= 0.6 is 0 Å². The van der Waals surface area contributed by atoms with Gasteiger partial charge in [0.15, 0.2) is 0 Å². The molecular weight excluding hydrogens is 324 g/mol. The van der Waals surface area contributed by atoms with Crippen LogP contribution in [0.5, 0.6) is 0 Å². The molecular formula is C18H21F2N5. The van der Waals surface area contributed by atoms with E-state index in [0.29, 0.717) is 18.8 Å². The van der Waals surface area contributed by atoms with Crippen LogP contribution in [0.2, 0.25) is 0 Å². The van der Waals surface area contributed by atoms with Crippen molar-refractivity contribution in [2.24, 2.45) is 13.0 Å². The van der Waals surface area contributed by atoms with E-state index in [2.05, 4.69) is 25.9 Å². The SMILES string of the molecule is Cc1nnn(C)c1-c1cnc2ccn(CC3CCC(F)(F)CC3)c2c1. The van der Waals surface area contributed by atoms with Crippen LogP contribution in [0.3, 0.4) is 0 Å². The van der Waals surface area contributed by atoms with Crippen molar-refractivity contribution in [1.82, 2.24) is 24.5 Å². The Morgan fingerprint density at radius 3 is 2.72 bits per heavy atom. The third-order valence-corrected chi connectivity index (χ3v) is 5.18. The van der Waals surface area contributed by atoms with Gasteiger partial charge in [-0.15, -0.1) is 5.10 Å². The quantitative estimate of drug-likeness (QED) is 0.722. The monoisotopic (exact) mass is 345 g/mol. The molecule has 3 heterocycles. The normalized spacial score (nSPS) is 18.1. The van der Waals surface area contributed by atoms with Gasteiger partial charge in [-0.1, -0.05) is 5.21 Å². The van der Waals surface area contributed by atoms with E-state index in [9.17, 15) is 8.78 Å². The molecule has 0 unspecified atom stereocenters. The van der Waals surface area contributed by atoms with Gasteiger partial charge in [0.2, 0.25) is 5.92 Å². The number of alkyl halides is 2. The number of halogens is 2. The largest absolute Gasteiger partial charge is 0.346 e. The van der Waals surface area contributed by atoms with E-state index in [-0.39, 0.29) is 12.8 Å². The molecule has 1 aliphatic carbocycles. The van der Waals surface area contributed by atoms with E-state index in [1.54, 1.807) is 4.68 Å². The summed E-state index contributed by atoms with van der Waals surface area (Å²) in [6.45, 7) is 2.68. The molecule has 0 atom stereocenters. The van der Waals surface area contributed by atoms with E-state index >= 15 is 0 Å². The van der Waals surface area contributed by atoms with E-state index in [1.807, 2.05) is 32.4 Å². The van der Waals surface area contributed by atoms with Crippen molar-refractivity contribution in [1.29, 1.82) is 0 Å². The Hall–Kier alpha value is -2.31. The van der Waals surface area contributed by atoms with Crippen LogP contribution in [0.25, 0.3) is 22.3 Å². The first-order valence-corrected chi connectivity index (χ1v) is 8.62. The van der Waals surface area contributed by atoms with Crippen molar-refractivity contribution in [3.63, 3.8) is 0 Å². The molecule has 25 heavy (non-hydrogen) atoms. The van der Waals surface area contributed by atoms with Crippen molar-refractivity contribution in [3.8, 4) is 11.3 Å². The van der Waals surface area contributed by atoms with Crippen molar-refractivity contribution in [2.45, 2.75) is 45.1 Å². The smallest absolute Gasteiger partial charge is 0.248 e. The summed E-state index contributed by atoms with van der Waals surface area (Å²) in [5.74, 6) is -2.19. The molecule has 1 fully saturated rings. The minimum Gasteiger partial charge on any atom is -0.346 e. The van der Waals surface area contributed by atoms with Crippen LogP contribution in [0.4, 0.5) is 8.78 Å². The molecule has 4 rings (SSSR count). The van der Waals surface area contributed by atoms with Gasteiger partial charge in [-0.05, 0) is 37.8 Å². The summed E-state index contributed by atoms with van der Waals surface area (Å²) in [6.07, 6.45) is 4.98. The summed E-state index contributed by atoms with van der Waals surface area (Å²) in [5, 5.41) is 8.15. The van der Waals surface area contributed by atoms with Gasteiger partial charge < -0.3 is 4.57 Å². The number of hydrogen-bond acceptors (Lipinski definition) is 3. The molecule has 0 saturated heterocycles. The molecule has 7 heteroatoms. The minimum absolute atomic E-state index is 0.000249. The van der Waals surface area contributed by atoms with Gasteiger partial charge in [0.1, 0.15) is 0 Å². The van der Waals surface area contributed by atoms with Crippen molar-refractivity contribution in [3.05, 3.63) is 30.2 Å². The van der Waals surface area contributed by atoms with Gasteiger partial charge >= 0.3 is 0 Å². The Balaban J connectivity index is 1.63. The molecule has 0 aromatic carbocycles. The van der Waals surface area contributed by atoms with Crippen LogP contribution in [0, 0.1) is 12.8 Å². The van der Waals surface area contributed by atoms with Gasteiger partial charge in [0.25, 0.3) is 0 Å². The Morgan fingerprint density at radius 2 is 2.04 bits per heavy atom. The number of aryl methyl sites for hydroxylation is 2. The maximum atomic E-state index is 13.4. The predicted molar refractivity (Wildman–Crippen MR) is 91.4 cm³/mol. The lowest BCUT2D eigenvalue weighted by molar-refractivity contribution is -0.0472. The van der Waals surface area contributed by atoms with Gasteiger partial charge in [0, 0.05) is 44.4 Å². The topological polar surface area (TPSA) is 48.5 Å². The molecule has 0 aliphatic heterocycles. The fraction of sp³-hybridized carbons (Fsp3) is 0.500. The number of aromatic nitrogens is 5. The Kier molecular flexibility index (Phi) is 3.81. The Bertz CT molecular complexity index is 882. The summed E-state index contributed by atoms with van der Waals surface area (Å²) >= 11 is 0. The van der Waals surface area contributed by atoms with Crippen molar-refractivity contribution >= 4 is 11.0 Å². The summed E-state index contributed by atoms with van der Waals surface area (Å²) < 4.78 is 30.6. The van der Waals surface area contributed by atoms with Crippen LogP contribution < -0.4 is 0 Å². The highest BCUT2D eigenvalue weighted by Crippen LogP contribution is 2.37. The first-order valence-electron chi connectivity index (χ1n) is 8.62.